The number of H-pyrrole nitrogens is 1. The summed E-state index contributed by atoms with van der Waals surface area (Å²) in [5.41, 5.74) is 12.5. The third-order valence-corrected chi connectivity index (χ3v) is 4.33. The van der Waals surface area contributed by atoms with E-state index in [1.54, 1.807) is 6.07 Å². The van der Waals surface area contributed by atoms with E-state index in [-0.39, 0.29) is 0 Å². The van der Waals surface area contributed by atoms with Crippen LogP contribution < -0.4 is 5.73 Å². The van der Waals surface area contributed by atoms with Gasteiger partial charge in [0.1, 0.15) is 5.65 Å². The Morgan fingerprint density at radius 1 is 1.00 bits per heavy atom. The first kappa shape index (κ1) is 15.1. The van der Waals surface area contributed by atoms with Gasteiger partial charge in [-0.1, -0.05) is 30.3 Å². The van der Waals surface area contributed by atoms with Gasteiger partial charge in [0, 0.05) is 35.5 Å². The Morgan fingerprint density at radius 2 is 1.84 bits per heavy atom. The van der Waals surface area contributed by atoms with Gasteiger partial charge in [0.05, 0.1) is 11.6 Å². The highest BCUT2D eigenvalue weighted by molar-refractivity contribution is 5.95. The van der Waals surface area contributed by atoms with Gasteiger partial charge in [-0.25, -0.2) is 4.98 Å². The number of rotatable bonds is 3. The molecule has 0 unspecified atom stereocenters. The standard InChI is InChI=1S/C21H16N4/c22-10-14-3-1-5-16(7-14)18-9-19-20(13-25-21(19)24-12-18)17-6-2-4-15(8-17)11-23/h1-9,12-13H,11,23H2,(H,24,25). The van der Waals surface area contributed by atoms with Gasteiger partial charge in [0.2, 0.25) is 0 Å². The summed E-state index contributed by atoms with van der Waals surface area (Å²) in [6.07, 6.45) is 3.80. The molecule has 0 aliphatic carbocycles. The molecule has 0 bridgehead atoms. The maximum atomic E-state index is 9.11. The lowest BCUT2D eigenvalue weighted by molar-refractivity contribution is 1.07. The predicted molar refractivity (Wildman–Crippen MR) is 99.6 cm³/mol. The number of fused-ring (bicyclic) bond motifs is 1. The largest absolute Gasteiger partial charge is 0.346 e. The van der Waals surface area contributed by atoms with Crippen LogP contribution in [0.3, 0.4) is 0 Å². The van der Waals surface area contributed by atoms with Crippen molar-refractivity contribution in [1.82, 2.24) is 9.97 Å². The third-order valence-electron chi connectivity index (χ3n) is 4.33. The second-order valence-electron chi connectivity index (χ2n) is 5.92. The average molecular weight is 324 g/mol. The molecule has 0 aliphatic rings. The molecule has 0 saturated heterocycles. The lowest BCUT2D eigenvalue weighted by atomic mass is 10.0. The molecule has 25 heavy (non-hydrogen) atoms. The SMILES string of the molecule is N#Cc1cccc(-c2cnc3[nH]cc(-c4cccc(CN)c4)c3c2)c1. The number of hydrogen-bond acceptors (Lipinski definition) is 3. The molecule has 4 rings (SSSR count). The Morgan fingerprint density at radius 3 is 2.68 bits per heavy atom. The second kappa shape index (κ2) is 6.23. The van der Waals surface area contributed by atoms with Crippen molar-refractivity contribution in [1.29, 1.82) is 5.26 Å². The molecule has 0 radical (unpaired) electrons. The maximum absolute atomic E-state index is 9.11. The minimum Gasteiger partial charge on any atom is -0.346 e. The van der Waals surface area contributed by atoms with Crippen LogP contribution in [0.4, 0.5) is 0 Å². The van der Waals surface area contributed by atoms with Crippen LogP contribution in [0.5, 0.6) is 0 Å². The zero-order chi connectivity index (χ0) is 17.2. The number of aromatic nitrogens is 2. The van der Waals surface area contributed by atoms with Crippen molar-refractivity contribution in [3.63, 3.8) is 0 Å². The van der Waals surface area contributed by atoms with Crippen molar-refractivity contribution in [3.8, 4) is 28.3 Å². The molecule has 0 aliphatic heterocycles. The molecule has 0 fully saturated rings. The summed E-state index contributed by atoms with van der Waals surface area (Å²) < 4.78 is 0. The summed E-state index contributed by atoms with van der Waals surface area (Å²) in [5.74, 6) is 0. The molecule has 4 nitrogen and oxygen atoms in total. The number of aromatic amines is 1. The van der Waals surface area contributed by atoms with E-state index in [1.807, 2.05) is 42.7 Å². The van der Waals surface area contributed by atoms with Crippen LogP contribution in [0, 0.1) is 11.3 Å². The van der Waals surface area contributed by atoms with Gasteiger partial charge in [0.25, 0.3) is 0 Å². The van der Waals surface area contributed by atoms with E-state index in [1.165, 1.54) is 0 Å². The predicted octanol–water partition coefficient (Wildman–Crippen LogP) is 4.23. The zero-order valence-electron chi connectivity index (χ0n) is 13.5. The Kier molecular flexibility index (Phi) is 3.77. The van der Waals surface area contributed by atoms with E-state index >= 15 is 0 Å². The van der Waals surface area contributed by atoms with E-state index < -0.39 is 0 Å². The second-order valence-corrected chi connectivity index (χ2v) is 5.92. The molecular formula is C21H16N4. The molecule has 2 aromatic carbocycles. The van der Waals surface area contributed by atoms with Gasteiger partial charge < -0.3 is 10.7 Å². The Bertz CT molecular complexity index is 1100. The topological polar surface area (TPSA) is 78.5 Å². The van der Waals surface area contributed by atoms with Crippen LogP contribution >= 0.6 is 0 Å². The first-order chi connectivity index (χ1) is 12.3. The fourth-order valence-electron chi connectivity index (χ4n) is 3.03. The summed E-state index contributed by atoms with van der Waals surface area (Å²) in [5, 5.41) is 10.2. The highest BCUT2D eigenvalue weighted by atomic mass is 14.8. The summed E-state index contributed by atoms with van der Waals surface area (Å²) >= 11 is 0. The Hall–Kier alpha value is -3.42. The van der Waals surface area contributed by atoms with Crippen LogP contribution in [0.25, 0.3) is 33.3 Å². The number of nitrogens with one attached hydrogen (secondary N) is 1. The van der Waals surface area contributed by atoms with Crippen LogP contribution in [0.2, 0.25) is 0 Å². The molecule has 0 spiro atoms. The van der Waals surface area contributed by atoms with E-state index in [0.29, 0.717) is 12.1 Å². The monoisotopic (exact) mass is 324 g/mol. The number of pyridine rings is 1. The van der Waals surface area contributed by atoms with Gasteiger partial charge in [-0.3, -0.25) is 0 Å². The van der Waals surface area contributed by atoms with Gasteiger partial charge in [-0.15, -0.1) is 0 Å². The first-order valence-corrected chi connectivity index (χ1v) is 8.05. The van der Waals surface area contributed by atoms with Gasteiger partial charge in [-0.2, -0.15) is 5.26 Å². The molecule has 4 heteroatoms. The highest BCUT2D eigenvalue weighted by Crippen LogP contribution is 2.31. The Balaban J connectivity index is 1.86. The highest BCUT2D eigenvalue weighted by Gasteiger charge is 2.10. The van der Waals surface area contributed by atoms with Crippen molar-refractivity contribution in [2.75, 3.05) is 0 Å². The van der Waals surface area contributed by atoms with E-state index in [2.05, 4.69) is 34.2 Å². The molecule has 120 valence electrons. The summed E-state index contributed by atoms with van der Waals surface area (Å²) in [6.45, 7) is 0.515. The molecule has 4 aromatic rings. The molecule has 2 aromatic heterocycles. The summed E-state index contributed by atoms with van der Waals surface area (Å²) in [7, 11) is 0. The molecule has 0 saturated carbocycles. The fraction of sp³-hybridized carbons (Fsp3) is 0.0476. The minimum absolute atomic E-state index is 0.515. The van der Waals surface area contributed by atoms with Crippen molar-refractivity contribution < 1.29 is 0 Å². The maximum Gasteiger partial charge on any atom is 0.137 e. The Labute approximate surface area is 145 Å². The minimum atomic E-state index is 0.515. The first-order valence-electron chi connectivity index (χ1n) is 8.05. The average Bonchev–Trinajstić information content (AvgIpc) is 3.11. The molecule has 3 N–H and O–H groups in total. The van der Waals surface area contributed by atoms with Crippen LogP contribution in [0.15, 0.2) is 67.0 Å². The van der Waals surface area contributed by atoms with Crippen molar-refractivity contribution in [2.24, 2.45) is 5.73 Å². The normalized spacial score (nSPS) is 10.7. The fourth-order valence-corrected chi connectivity index (χ4v) is 3.03. The van der Waals surface area contributed by atoms with E-state index in [9.17, 15) is 0 Å². The van der Waals surface area contributed by atoms with Crippen LogP contribution in [-0.2, 0) is 6.54 Å². The van der Waals surface area contributed by atoms with Crippen molar-refractivity contribution in [2.45, 2.75) is 6.54 Å². The summed E-state index contributed by atoms with van der Waals surface area (Å²) in [6, 6.07) is 20.1. The zero-order valence-corrected chi connectivity index (χ0v) is 13.5. The van der Waals surface area contributed by atoms with Gasteiger partial charge in [0.15, 0.2) is 0 Å². The van der Waals surface area contributed by atoms with Crippen molar-refractivity contribution >= 4 is 11.0 Å². The number of nitriles is 1. The van der Waals surface area contributed by atoms with E-state index in [4.69, 9.17) is 11.0 Å². The molecular weight excluding hydrogens is 308 g/mol. The number of benzene rings is 2. The smallest absolute Gasteiger partial charge is 0.137 e. The quantitative estimate of drug-likeness (QED) is 0.592. The van der Waals surface area contributed by atoms with Gasteiger partial charge >= 0.3 is 0 Å². The van der Waals surface area contributed by atoms with Gasteiger partial charge in [-0.05, 0) is 41.0 Å². The van der Waals surface area contributed by atoms with Crippen LogP contribution in [0.1, 0.15) is 11.1 Å². The number of hydrogen-bond donors (Lipinski definition) is 2. The van der Waals surface area contributed by atoms with Crippen molar-refractivity contribution in [3.05, 3.63) is 78.1 Å². The molecule has 2 heterocycles. The summed E-state index contributed by atoms with van der Waals surface area (Å²) in [4.78, 5) is 7.77. The lowest BCUT2D eigenvalue weighted by Gasteiger charge is -2.05. The molecule has 0 atom stereocenters. The lowest BCUT2D eigenvalue weighted by Crippen LogP contribution is -1.95. The van der Waals surface area contributed by atoms with E-state index in [0.717, 1.165) is 38.9 Å². The van der Waals surface area contributed by atoms with Crippen LogP contribution in [-0.4, -0.2) is 9.97 Å². The number of nitrogens with zero attached hydrogens (tertiary/aromatic N) is 2. The molecule has 0 amide bonds. The third kappa shape index (κ3) is 2.78. The number of nitrogens with two attached hydrogens (primary N) is 1.